The van der Waals surface area contributed by atoms with Crippen molar-refractivity contribution in [1.82, 2.24) is 4.90 Å². The molecule has 0 bridgehead atoms. The van der Waals surface area contributed by atoms with Crippen LogP contribution in [-0.2, 0) is 24.0 Å². The van der Waals surface area contributed by atoms with E-state index in [9.17, 15) is 4.79 Å². The van der Waals surface area contributed by atoms with Gasteiger partial charge in [0.25, 0.3) is 0 Å². The summed E-state index contributed by atoms with van der Waals surface area (Å²) in [6.07, 6.45) is 1.36. The summed E-state index contributed by atoms with van der Waals surface area (Å²) in [5.41, 5.74) is -0.692. The number of rotatable bonds is 4. The van der Waals surface area contributed by atoms with Gasteiger partial charge in [-0.25, -0.2) is 4.79 Å². The number of hydrogen-bond donors (Lipinski definition) is 0. The molecular weight excluding hydrogens is 362 g/mol. The third kappa shape index (κ3) is 4.48. The molecule has 2 heterocycles. The Bertz CT molecular complexity index is 554. The molecule has 0 saturated carbocycles. The fraction of sp³-hybridized carbons (Fsp3) is 0.952. The maximum atomic E-state index is 11.8. The number of carbonyl (C=O) groups is 1. The lowest BCUT2D eigenvalue weighted by molar-refractivity contribution is -0.364. The van der Waals surface area contributed by atoms with E-state index in [2.05, 4.69) is 46.6 Å². The second kappa shape index (κ2) is 8.09. The highest BCUT2D eigenvalue weighted by atomic mass is 17.2. The van der Waals surface area contributed by atoms with Gasteiger partial charge in [0, 0.05) is 23.4 Å². The summed E-state index contributed by atoms with van der Waals surface area (Å²) in [6.45, 7) is 17.1. The van der Waals surface area contributed by atoms with Crippen LogP contribution in [0, 0.1) is 5.92 Å². The second-order valence-corrected chi connectivity index (χ2v) is 9.72. The molecular formula is C21H39NO6. The van der Waals surface area contributed by atoms with Crippen molar-refractivity contribution >= 4 is 6.16 Å². The van der Waals surface area contributed by atoms with Crippen LogP contribution in [0.25, 0.3) is 0 Å². The van der Waals surface area contributed by atoms with Crippen LogP contribution in [0.5, 0.6) is 0 Å². The van der Waals surface area contributed by atoms with E-state index in [0.717, 1.165) is 19.3 Å². The van der Waals surface area contributed by atoms with Crippen LogP contribution in [0.1, 0.15) is 74.7 Å². The van der Waals surface area contributed by atoms with E-state index >= 15 is 0 Å². The van der Waals surface area contributed by atoms with Crippen molar-refractivity contribution in [3.63, 3.8) is 0 Å². The van der Waals surface area contributed by atoms with Crippen LogP contribution >= 0.6 is 0 Å². The Kier molecular flexibility index (Phi) is 6.76. The van der Waals surface area contributed by atoms with Gasteiger partial charge in [-0.1, -0.05) is 20.8 Å². The molecule has 0 aromatic heterocycles. The monoisotopic (exact) mass is 401 g/mol. The van der Waals surface area contributed by atoms with Crippen LogP contribution < -0.4 is 0 Å². The third-order valence-electron chi connectivity index (χ3n) is 6.92. The summed E-state index contributed by atoms with van der Waals surface area (Å²) in [7, 11) is 2.20. The molecule has 3 atom stereocenters. The summed E-state index contributed by atoms with van der Waals surface area (Å²) in [5, 5.41) is 0. The molecule has 7 heteroatoms. The van der Waals surface area contributed by atoms with Gasteiger partial charge in [0.15, 0.2) is 11.9 Å². The Labute approximate surface area is 169 Å². The Hall–Kier alpha value is -0.890. The predicted molar refractivity (Wildman–Crippen MR) is 106 cm³/mol. The van der Waals surface area contributed by atoms with E-state index in [1.807, 2.05) is 0 Å². The van der Waals surface area contributed by atoms with E-state index in [1.165, 1.54) is 0 Å². The maximum Gasteiger partial charge on any atom is 0.540 e. The Morgan fingerprint density at radius 2 is 1.71 bits per heavy atom. The first kappa shape index (κ1) is 23.4. The van der Waals surface area contributed by atoms with Gasteiger partial charge in [0.2, 0.25) is 0 Å². The lowest BCUT2D eigenvalue weighted by Gasteiger charge is -2.63. The Morgan fingerprint density at radius 3 is 2.18 bits per heavy atom. The average Bonchev–Trinajstić information content (AvgIpc) is 2.64. The molecule has 0 N–H and O–H groups in total. The lowest BCUT2D eigenvalue weighted by atomic mass is 9.66. The number of likely N-dealkylation sites (tertiary alicyclic amines) is 1. The first-order valence-corrected chi connectivity index (χ1v) is 10.4. The molecule has 0 radical (unpaired) electrons. The number of hydrogen-bond acceptors (Lipinski definition) is 7. The zero-order valence-corrected chi connectivity index (χ0v) is 19.1. The summed E-state index contributed by atoms with van der Waals surface area (Å²) in [5.74, 6) is -0.528. The molecule has 28 heavy (non-hydrogen) atoms. The summed E-state index contributed by atoms with van der Waals surface area (Å²) < 4.78 is 17.9. The Balaban J connectivity index is 2.05. The third-order valence-corrected chi connectivity index (χ3v) is 6.92. The normalized spacial score (nSPS) is 39.8. The largest absolute Gasteiger partial charge is 0.540 e. The summed E-state index contributed by atoms with van der Waals surface area (Å²) in [4.78, 5) is 24.0. The highest BCUT2D eigenvalue weighted by Gasteiger charge is 2.60. The zero-order chi connectivity index (χ0) is 21.4. The van der Waals surface area contributed by atoms with E-state index in [0.29, 0.717) is 0 Å². The molecule has 0 aromatic carbocycles. The number of ether oxygens (including phenoxy) is 3. The van der Waals surface area contributed by atoms with Gasteiger partial charge in [-0.05, 0) is 54.5 Å². The summed E-state index contributed by atoms with van der Waals surface area (Å²) >= 11 is 0. The van der Waals surface area contributed by atoms with Crippen molar-refractivity contribution in [1.29, 1.82) is 0 Å². The minimum atomic E-state index is -0.878. The minimum absolute atomic E-state index is 0.0373. The minimum Gasteiger partial charge on any atom is -0.424 e. The van der Waals surface area contributed by atoms with Crippen LogP contribution in [0.15, 0.2) is 0 Å². The fourth-order valence-corrected chi connectivity index (χ4v) is 4.38. The first-order valence-electron chi connectivity index (χ1n) is 10.4. The van der Waals surface area contributed by atoms with Gasteiger partial charge in [-0.2, -0.15) is 4.89 Å². The molecule has 0 aliphatic carbocycles. The zero-order valence-electron chi connectivity index (χ0n) is 19.1. The van der Waals surface area contributed by atoms with Gasteiger partial charge in [-0.3, -0.25) is 9.79 Å². The van der Waals surface area contributed by atoms with E-state index in [4.69, 9.17) is 24.0 Å². The molecule has 0 amide bonds. The average molecular weight is 402 g/mol. The standard InChI is InChI=1S/C21H39NO6/c1-10-19(7)14-21(15(3)20(8,11-2)22(19)9)24-12-16(13-25-21)26-17(23)27-28-18(4,5)6/h15-16H,10-14H2,1-9H3. The molecule has 164 valence electrons. The highest BCUT2D eigenvalue weighted by Crippen LogP contribution is 2.52. The van der Waals surface area contributed by atoms with Gasteiger partial charge in [-0.15, -0.1) is 0 Å². The van der Waals surface area contributed by atoms with Gasteiger partial charge < -0.3 is 14.2 Å². The molecule has 2 fully saturated rings. The van der Waals surface area contributed by atoms with Crippen LogP contribution in [-0.4, -0.2) is 59.9 Å². The smallest absolute Gasteiger partial charge is 0.424 e. The van der Waals surface area contributed by atoms with E-state index in [-0.39, 0.29) is 30.2 Å². The van der Waals surface area contributed by atoms with Gasteiger partial charge in [0.1, 0.15) is 5.60 Å². The molecule has 2 saturated heterocycles. The van der Waals surface area contributed by atoms with Crippen molar-refractivity contribution in [2.75, 3.05) is 20.3 Å². The van der Waals surface area contributed by atoms with Gasteiger partial charge >= 0.3 is 6.16 Å². The van der Waals surface area contributed by atoms with E-state index < -0.39 is 23.6 Å². The molecule has 0 aromatic rings. The van der Waals surface area contributed by atoms with Crippen molar-refractivity contribution in [2.24, 2.45) is 5.92 Å². The van der Waals surface area contributed by atoms with Crippen molar-refractivity contribution in [3.8, 4) is 0 Å². The summed E-state index contributed by atoms with van der Waals surface area (Å²) in [6, 6.07) is 0. The Morgan fingerprint density at radius 1 is 1.14 bits per heavy atom. The van der Waals surface area contributed by atoms with Crippen molar-refractivity contribution in [3.05, 3.63) is 0 Å². The maximum absolute atomic E-state index is 11.8. The molecule has 7 nitrogen and oxygen atoms in total. The van der Waals surface area contributed by atoms with Crippen LogP contribution in [0.3, 0.4) is 0 Å². The van der Waals surface area contributed by atoms with Crippen LogP contribution in [0.4, 0.5) is 4.79 Å². The molecule has 1 spiro atoms. The molecule has 2 aliphatic rings. The molecule has 2 aliphatic heterocycles. The number of piperidine rings is 1. The quantitative estimate of drug-likeness (QED) is 0.395. The van der Waals surface area contributed by atoms with Crippen molar-refractivity contribution in [2.45, 2.75) is 103 Å². The fourth-order valence-electron chi connectivity index (χ4n) is 4.38. The van der Waals surface area contributed by atoms with E-state index in [1.54, 1.807) is 20.8 Å². The lowest BCUT2D eigenvalue weighted by Crippen LogP contribution is -2.72. The molecule has 3 unspecified atom stereocenters. The van der Waals surface area contributed by atoms with Gasteiger partial charge in [0.05, 0.1) is 13.2 Å². The topological polar surface area (TPSA) is 66.5 Å². The number of carbonyl (C=O) groups excluding carboxylic acids is 1. The number of nitrogens with zero attached hydrogens (tertiary/aromatic N) is 1. The van der Waals surface area contributed by atoms with Crippen molar-refractivity contribution < 1.29 is 28.8 Å². The highest BCUT2D eigenvalue weighted by molar-refractivity contribution is 5.59. The SMILES string of the molecule is CCC1(C)CC2(OCC(OC(=O)OOC(C)(C)C)CO2)C(C)C(C)(CC)N1C. The van der Waals surface area contributed by atoms with Crippen LogP contribution in [0.2, 0.25) is 0 Å². The molecule has 2 rings (SSSR count). The predicted octanol–water partition coefficient (Wildman–Crippen LogP) is 4.29. The first-order chi connectivity index (χ1) is 12.8. The second-order valence-electron chi connectivity index (χ2n) is 9.72.